The van der Waals surface area contributed by atoms with Crippen LogP contribution >= 0.6 is 11.3 Å². The summed E-state index contributed by atoms with van der Waals surface area (Å²) in [6, 6.07) is 5.73. The number of aromatic nitrogens is 2. The van der Waals surface area contributed by atoms with Gasteiger partial charge in [0.15, 0.2) is 22.7 Å². The number of carbonyl (C=O) groups excluding carboxylic acids is 1. The van der Waals surface area contributed by atoms with Gasteiger partial charge in [0.05, 0.1) is 0 Å². The zero-order valence-electron chi connectivity index (χ0n) is 13.8. The number of aldehydes is 1. The molecule has 2 aliphatic rings. The number of benzene rings is 1. The highest BCUT2D eigenvalue weighted by Crippen LogP contribution is 2.37. The molecule has 128 valence electrons. The Morgan fingerprint density at radius 1 is 1.24 bits per heavy atom. The van der Waals surface area contributed by atoms with E-state index in [2.05, 4.69) is 11.9 Å². The molecule has 0 aliphatic carbocycles. The lowest BCUT2D eigenvalue weighted by Gasteiger charge is -2.22. The van der Waals surface area contributed by atoms with Crippen LogP contribution in [0.5, 0.6) is 11.5 Å². The van der Waals surface area contributed by atoms with Gasteiger partial charge < -0.3 is 14.4 Å². The molecule has 3 aromatic rings. The summed E-state index contributed by atoms with van der Waals surface area (Å²) in [7, 11) is 2.12. The van der Waals surface area contributed by atoms with E-state index in [0.29, 0.717) is 30.4 Å². The Morgan fingerprint density at radius 3 is 2.92 bits per heavy atom. The molecule has 0 spiro atoms. The molecule has 0 bridgehead atoms. The van der Waals surface area contributed by atoms with Gasteiger partial charge in [-0.3, -0.25) is 9.20 Å². The molecule has 25 heavy (non-hydrogen) atoms. The van der Waals surface area contributed by atoms with Crippen molar-refractivity contribution in [3.63, 3.8) is 0 Å². The Balaban J connectivity index is 1.67. The number of carbonyl (C=O) groups is 1. The lowest BCUT2D eigenvalue weighted by atomic mass is 10.1. The van der Waals surface area contributed by atoms with E-state index in [1.165, 1.54) is 10.6 Å². The first kappa shape index (κ1) is 14.9. The van der Waals surface area contributed by atoms with E-state index < -0.39 is 0 Å². The average Bonchev–Trinajstić information content (AvgIpc) is 3.16. The third-order valence-electron chi connectivity index (χ3n) is 4.76. The fraction of sp³-hybridized carbons (Fsp3) is 0.333. The number of nitrogens with zero attached hydrogens (tertiary/aromatic N) is 3. The Labute approximate surface area is 148 Å². The van der Waals surface area contributed by atoms with Crippen molar-refractivity contribution in [3.05, 3.63) is 34.5 Å². The molecule has 2 aromatic heterocycles. The van der Waals surface area contributed by atoms with Crippen molar-refractivity contribution >= 4 is 22.6 Å². The number of fused-ring (bicyclic) bond motifs is 4. The molecular weight excluding hydrogens is 338 g/mol. The standard InChI is InChI=1S/C18H17N3O3S/c1-20-5-4-12-16(9-20)25-18-19-17(13(10-22)21(12)18)11-2-3-14-15(8-11)24-7-6-23-14/h2-3,8,10H,4-7,9H2,1H3. The van der Waals surface area contributed by atoms with Crippen molar-refractivity contribution in [1.82, 2.24) is 14.3 Å². The van der Waals surface area contributed by atoms with E-state index in [0.717, 1.165) is 42.1 Å². The predicted octanol–water partition coefficient (Wildman–Crippen LogP) is 2.63. The average molecular weight is 355 g/mol. The summed E-state index contributed by atoms with van der Waals surface area (Å²) >= 11 is 1.67. The van der Waals surface area contributed by atoms with Gasteiger partial charge in [0.1, 0.15) is 24.6 Å². The first-order chi connectivity index (χ1) is 12.2. The van der Waals surface area contributed by atoms with Crippen LogP contribution < -0.4 is 9.47 Å². The highest BCUT2D eigenvalue weighted by atomic mass is 32.1. The Hall–Kier alpha value is -2.38. The predicted molar refractivity (Wildman–Crippen MR) is 94.9 cm³/mol. The molecular formula is C18H17N3O3S. The van der Waals surface area contributed by atoms with Crippen LogP contribution in [0.2, 0.25) is 0 Å². The van der Waals surface area contributed by atoms with Crippen molar-refractivity contribution in [2.75, 3.05) is 26.8 Å². The minimum atomic E-state index is 0.538. The van der Waals surface area contributed by atoms with E-state index in [1.807, 2.05) is 22.6 Å². The van der Waals surface area contributed by atoms with E-state index in [1.54, 1.807) is 11.3 Å². The fourth-order valence-corrected chi connectivity index (χ4v) is 4.80. The van der Waals surface area contributed by atoms with Crippen molar-refractivity contribution in [2.45, 2.75) is 13.0 Å². The Bertz CT molecular complexity index is 991. The van der Waals surface area contributed by atoms with E-state index in [-0.39, 0.29) is 0 Å². The van der Waals surface area contributed by atoms with Crippen molar-refractivity contribution in [3.8, 4) is 22.8 Å². The molecule has 0 saturated carbocycles. The quantitative estimate of drug-likeness (QED) is 0.662. The molecule has 2 aliphatic heterocycles. The van der Waals surface area contributed by atoms with Gasteiger partial charge in [-0.2, -0.15) is 0 Å². The van der Waals surface area contributed by atoms with Crippen LogP contribution in [0.3, 0.4) is 0 Å². The van der Waals surface area contributed by atoms with Crippen LogP contribution in [0.15, 0.2) is 18.2 Å². The van der Waals surface area contributed by atoms with Gasteiger partial charge in [-0.15, -0.1) is 0 Å². The summed E-state index contributed by atoms with van der Waals surface area (Å²) in [4.78, 5) is 21.1. The van der Waals surface area contributed by atoms with Crippen LogP contribution in [0.25, 0.3) is 16.2 Å². The monoisotopic (exact) mass is 355 g/mol. The molecule has 0 saturated heterocycles. The maximum absolute atomic E-state index is 11.9. The molecule has 0 atom stereocenters. The molecule has 5 rings (SSSR count). The summed E-state index contributed by atoms with van der Waals surface area (Å²) in [5, 5.41) is 0. The van der Waals surface area contributed by atoms with E-state index >= 15 is 0 Å². The molecule has 6 nitrogen and oxygen atoms in total. The number of thiazole rings is 1. The van der Waals surface area contributed by atoms with Crippen LogP contribution in [-0.2, 0) is 13.0 Å². The number of likely N-dealkylation sites (N-methyl/N-ethyl adjacent to an activating group) is 1. The minimum Gasteiger partial charge on any atom is -0.486 e. The van der Waals surface area contributed by atoms with E-state index in [4.69, 9.17) is 14.5 Å². The van der Waals surface area contributed by atoms with Gasteiger partial charge in [0, 0.05) is 35.6 Å². The molecule has 0 N–H and O–H groups in total. The fourth-order valence-electron chi connectivity index (χ4n) is 3.54. The van der Waals surface area contributed by atoms with Gasteiger partial charge in [0.2, 0.25) is 0 Å². The topological polar surface area (TPSA) is 56.1 Å². The lowest BCUT2D eigenvalue weighted by Crippen LogP contribution is -2.26. The first-order valence-electron chi connectivity index (χ1n) is 8.31. The maximum atomic E-state index is 11.9. The second-order valence-corrected chi connectivity index (χ2v) is 7.46. The third-order valence-corrected chi connectivity index (χ3v) is 5.83. The number of rotatable bonds is 2. The number of hydrogen-bond acceptors (Lipinski definition) is 6. The van der Waals surface area contributed by atoms with Gasteiger partial charge in [-0.25, -0.2) is 4.98 Å². The van der Waals surface area contributed by atoms with Crippen LogP contribution in [-0.4, -0.2) is 47.4 Å². The second kappa shape index (κ2) is 5.57. The highest BCUT2D eigenvalue weighted by Gasteiger charge is 2.25. The van der Waals surface area contributed by atoms with Crippen molar-refractivity contribution < 1.29 is 14.3 Å². The molecule has 1 aromatic carbocycles. The van der Waals surface area contributed by atoms with Crippen LogP contribution in [0, 0.1) is 0 Å². The number of imidazole rings is 1. The van der Waals surface area contributed by atoms with Crippen molar-refractivity contribution in [1.29, 1.82) is 0 Å². The largest absolute Gasteiger partial charge is 0.486 e. The third kappa shape index (κ3) is 2.26. The van der Waals surface area contributed by atoms with Gasteiger partial charge >= 0.3 is 0 Å². The van der Waals surface area contributed by atoms with Crippen LogP contribution in [0.1, 0.15) is 21.1 Å². The smallest absolute Gasteiger partial charge is 0.195 e. The second-order valence-electron chi connectivity index (χ2n) is 6.40. The molecule has 0 amide bonds. The maximum Gasteiger partial charge on any atom is 0.195 e. The highest BCUT2D eigenvalue weighted by molar-refractivity contribution is 7.17. The molecule has 0 fully saturated rings. The van der Waals surface area contributed by atoms with Gasteiger partial charge in [0.25, 0.3) is 0 Å². The Morgan fingerprint density at radius 2 is 2.08 bits per heavy atom. The minimum absolute atomic E-state index is 0.538. The number of ether oxygens (including phenoxy) is 2. The van der Waals surface area contributed by atoms with Gasteiger partial charge in [-0.1, -0.05) is 11.3 Å². The zero-order chi connectivity index (χ0) is 17.0. The zero-order valence-corrected chi connectivity index (χ0v) is 14.6. The van der Waals surface area contributed by atoms with Gasteiger partial charge in [-0.05, 0) is 25.2 Å². The van der Waals surface area contributed by atoms with Crippen LogP contribution in [0.4, 0.5) is 0 Å². The molecule has 0 radical (unpaired) electrons. The lowest BCUT2D eigenvalue weighted by molar-refractivity contribution is 0.111. The summed E-state index contributed by atoms with van der Waals surface area (Å²) in [5.41, 5.74) is 3.43. The SMILES string of the molecule is CN1CCc2c(sc3nc(-c4ccc5c(c4)OCCO5)c(C=O)n23)C1. The summed E-state index contributed by atoms with van der Waals surface area (Å²) in [6.07, 6.45) is 1.85. The normalized spacial score (nSPS) is 16.8. The molecule has 0 unspecified atom stereocenters. The Kier molecular flexibility index (Phi) is 3.33. The summed E-state index contributed by atoms with van der Waals surface area (Å²) < 4.78 is 13.3. The number of hydrogen-bond donors (Lipinski definition) is 0. The first-order valence-corrected chi connectivity index (χ1v) is 9.13. The molecule has 4 heterocycles. The molecule has 7 heteroatoms. The summed E-state index contributed by atoms with van der Waals surface area (Å²) in [5.74, 6) is 1.45. The van der Waals surface area contributed by atoms with Crippen molar-refractivity contribution in [2.24, 2.45) is 0 Å². The summed E-state index contributed by atoms with van der Waals surface area (Å²) in [6.45, 7) is 3.01. The van der Waals surface area contributed by atoms with E-state index in [9.17, 15) is 4.79 Å².